The van der Waals surface area contributed by atoms with Gasteiger partial charge in [0.1, 0.15) is 11.6 Å². The van der Waals surface area contributed by atoms with Gasteiger partial charge in [-0.05, 0) is 43.0 Å². The number of nitrogens with zero attached hydrogens (tertiary/aromatic N) is 2. The number of aryl methyl sites for hydroxylation is 1. The van der Waals surface area contributed by atoms with Gasteiger partial charge in [-0.2, -0.15) is 0 Å². The number of para-hydroxylation sites is 1. The number of hydrogen-bond acceptors (Lipinski definition) is 5. The normalized spacial score (nSPS) is 23.6. The highest BCUT2D eigenvalue weighted by molar-refractivity contribution is 5.78. The van der Waals surface area contributed by atoms with Crippen LogP contribution in [-0.4, -0.2) is 54.2 Å². The fourth-order valence-corrected chi connectivity index (χ4v) is 3.93. The number of rotatable bonds is 2. The molecule has 1 N–H and O–H groups in total. The minimum Gasteiger partial charge on any atom is -0.483 e. The fraction of sp³-hybridized carbons (Fsp3) is 0.455. The Bertz CT molecular complexity index is 848. The van der Waals surface area contributed by atoms with Gasteiger partial charge in [-0.25, -0.2) is 4.39 Å². The zero-order valence-electron chi connectivity index (χ0n) is 16.4. The van der Waals surface area contributed by atoms with Gasteiger partial charge in [0, 0.05) is 32.4 Å². The third-order valence-corrected chi connectivity index (χ3v) is 5.40. The quantitative estimate of drug-likeness (QED) is 0.840. The highest BCUT2D eigenvalue weighted by atomic mass is 19.1. The molecule has 0 unspecified atom stereocenters. The molecule has 3 heterocycles. The molecule has 154 valence electrons. The van der Waals surface area contributed by atoms with Crippen LogP contribution in [0.5, 0.6) is 5.75 Å². The number of fused-ring (bicyclic) bond motifs is 2. The first kappa shape index (κ1) is 19.8. The van der Waals surface area contributed by atoms with Crippen LogP contribution in [0.2, 0.25) is 0 Å². The summed E-state index contributed by atoms with van der Waals surface area (Å²) in [7, 11) is 0. The Balaban J connectivity index is 1.42. The lowest BCUT2D eigenvalue weighted by Gasteiger charge is -2.20. The van der Waals surface area contributed by atoms with E-state index >= 15 is 0 Å². The molecule has 1 aromatic heterocycles. The third-order valence-electron chi connectivity index (χ3n) is 5.40. The van der Waals surface area contributed by atoms with Crippen molar-refractivity contribution in [1.29, 1.82) is 0 Å². The lowest BCUT2D eigenvalue weighted by atomic mass is 10.1. The van der Waals surface area contributed by atoms with E-state index in [0.29, 0.717) is 31.9 Å². The van der Waals surface area contributed by atoms with Gasteiger partial charge in [0.25, 0.3) is 5.91 Å². The number of benzene rings is 1. The van der Waals surface area contributed by atoms with E-state index in [1.54, 1.807) is 12.3 Å². The van der Waals surface area contributed by atoms with Gasteiger partial charge in [0.15, 0.2) is 6.61 Å². The van der Waals surface area contributed by atoms with Crippen molar-refractivity contribution in [2.45, 2.75) is 38.0 Å². The van der Waals surface area contributed by atoms with E-state index in [-0.39, 0.29) is 30.5 Å². The average molecular weight is 399 g/mol. The van der Waals surface area contributed by atoms with Crippen LogP contribution in [0.3, 0.4) is 0 Å². The largest absolute Gasteiger partial charge is 0.483 e. The van der Waals surface area contributed by atoms with Gasteiger partial charge >= 0.3 is 0 Å². The van der Waals surface area contributed by atoms with Crippen LogP contribution < -0.4 is 10.1 Å². The number of hydrogen-bond donors (Lipinski definition) is 1. The summed E-state index contributed by atoms with van der Waals surface area (Å²) in [6.45, 7) is 2.20. The summed E-state index contributed by atoms with van der Waals surface area (Å²) in [5.74, 6) is 0.271. The lowest BCUT2D eigenvalue weighted by molar-refractivity contribution is -0.124. The molecule has 6 nitrogen and oxygen atoms in total. The zero-order valence-corrected chi connectivity index (χ0v) is 16.4. The van der Waals surface area contributed by atoms with Crippen LogP contribution in [0.15, 0.2) is 42.6 Å². The maximum atomic E-state index is 14.0. The average Bonchev–Trinajstić information content (AvgIpc) is 3.09. The number of ether oxygens (including phenoxy) is 2. The molecule has 0 aliphatic carbocycles. The molecular weight excluding hydrogens is 373 g/mol. The SMILES string of the molecule is O=C1COc2ccccc2CCCCO[C@@H]2CN(Cc3ncccc3F)C[C@@H]2N1. The van der Waals surface area contributed by atoms with E-state index < -0.39 is 0 Å². The van der Waals surface area contributed by atoms with Crippen LogP contribution in [0, 0.1) is 5.82 Å². The van der Waals surface area contributed by atoms with Crippen molar-refractivity contribution in [2.24, 2.45) is 0 Å². The summed E-state index contributed by atoms with van der Waals surface area (Å²) in [5, 5.41) is 3.03. The van der Waals surface area contributed by atoms with E-state index in [9.17, 15) is 9.18 Å². The summed E-state index contributed by atoms with van der Waals surface area (Å²) in [5.41, 5.74) is 1.52. The van der Waals surface area contributed by atoms with E-state index in [2.05, 4.69) is 15.2 Å². The Labute approximate surface area is 170 Å². The molecule has 1 saturated heterocycles. The first-order chi connectivity index (χ1) is 14.2. The predicted octanol–water partition coefficient (Wildman–Crippen LogP) is 2.32. The van der Waals surface area contributed by atoms with Crippen LogP contribution in [0.4, 0.5) is 4.39 Å². The van der Waals surface area contributed by atoms with Crippen LogP contribution in [0.25, 0.3) is 0 Å². The van der Waals surface area contributed by atoms with E-state index in [4.69, 9.17) is 9.47 Å². The Kier molecular flexibility index (Phi) is 6.36. The molecular formula is C22H26FN3O3. The fourth-order valence-electron chi connectivity index (χ4n) is 3.93. The van der Waals surface area contributed by atoms with Gasteiger partial charge in [-0.3, -0.25) is 14.7 Å². The van der Waals surface area contributed by atoms with E-state index in [1.807, 2.05) is 24.3 Å². The van der Waals surface area contributed by atoms with Gasteiger partial charge in [-0.1, -0.05) is 18.2 Å². The highest BCUT2D eigenvalue weighted by Crippen LogP contribution is 2.22. The molecule has 4 rings (SSSR count). The smallest absolute Gasteiger partial charge is 0.258 e. The molecule has 2 aromatic rings. The number of nitrogens with one attached hydrogen (secondary N) is 1. The maximum Gasteiger partial charge on any atom is 0.258 e. The third kappa shape index (κ3) is 5.10. The van der Waals surface area contributed by atoms with Crippen molar-refractivity contribution in [1.82, 2.24) is 15.2 Å². The van der Waals surface area contributed by atoms with E-state index in [0.717, 1.165) is 30.6 Å². The molecule has 7 heteroatoms. The predicted molar refractivity (Wildman–Crippen MR) is 106 cm³/mol. The molecule has 2 atom stereocenters. The van der Waals surface area contributed by atoms with Gasteiger partial charge in [-0.15, -0.1) is 0 Å². The van der Waals surface area contributed by atoms with Crippen molar-refractivity contribution in [2.75, 3.05) is 26.3 Å². The number of carbonyl (C=O) groups excluding carboxylic acids is 1. The van der Waals surface area contributed by atoms with Crippen LogP contribution >= 0.6 is 0 Å². The molecule has 0 radical (unpaired) electrons. The molecule has 0 spiro atoms. The van der Waals surface area contributed by atoms with E-state index in [1.165, 1.54) is 6.07 Å². The number of amides is 1. The standard InChI is InChI=1S/C22H26FN3O3/c23-17-8-5-10-24-18(17)12-26-13-19-21(14-26)28-11-4-3-7-16-6-1-2-9-20(16)29-15-22(27)25-19/h1-2,5-6,8-10,19,21H,3-4,7,11-15H2,(H,25,27)/t19-,21+/m0/s1. The number of pyridine rings is 1. The second-order valence-electron chi connectivity index (χ2n) is 7.56. The molecule has 1 fully saturated rings. The number of aromatic nitrogens is 1. The minimum absolute atomic E-state index is 0.0326. The van der Waals surface area contributed by atoms with Crippen molar-refractivity contribution < 1.29 is 18.7 Å². The monoisotopic (exact) mass is 399 g/mol. The zero-order chi connectivity index (χ0) is 20.1. The second-order valence-corrected chi connectivity index (χ2v) is 7.56. The molecule has 2 aliphatic rings. The molecule has 0 bridgehead atoms. The highest BCUT2D eigenvalue weighted by Gasteiger charge is 2.35. The van der Waals surface area contributed by atoms with Crippen LogP contribution in [-0.2, 0) is 22.5 Å². The number of carbonyl (C=O) groups is 1. The van der Waals surface area contributed by atoms with Gasteiger partial charge in [0.2, 0.25) is 0 Å². The number of likely N-dealkylation sites (tertiary alicyclic amines) is 1. The van der Waals surface area contributed by atoms with Crippen LogP contribution in [0.1, 0.15) is 24.1 Å². The second kappa shape index (κ2) is 9.33. The molecule has 1 aromatic carbocycles. The van der Waals surface area contributed by atoms with Crippen molar-refractivity contribution in [3.8, 4) is 5.75 Å². The maximum absolute atomic E-state index is 14.0. The molecule has 29 heavy (non-hydrogen) atoms. The Morgan fingerprint density at radius 1 is 1.17 bits per heavy atom. The minimum atomic E-state index is -0.313. The van der Waals surface area contributed by atoms with Crippen molar-refractivity contribution in [3.63, 3.8) is 0 Å². The van der Waals surface area contributed by atoms with Crippen molar-refractivity contribution in [3.05, 3.63) is 59.7 Å². The summed E-state index contributed by atoms with van der Waals surface area (Å²) in [6, 6.07) is 10.7. The molecule has 1 amide bonds. The van der Waals surface area contributed by atoms with Crippen molar-refractivity contribution >= 4 is 5.91 Å². The summed E-state index contributed by atoms with van der Waals surface area (Å²) < 4.78 is 25.8. The summed E-state index contributed by atoms with van der Waals surface area (Å²) in [6.07, 6.45) is 4.27. The Morgan fingerprint density at radius 2 is 2.07 bits per heavy atom. The lowest BCUT2D eigenvalue weighted by Crippen LogP contribution is -2.45. The topological polar surface area (TPSA) is 63.7 Å². The van der Waals surface area contributed by atoms with Gasteiger partial charge < -0.3 is 14.8 Å². The summed E-state index contributed by atoms with van der Waals surface area (Å²) in [4.78, 5) is 18.7. The molecule has 0 saturated carbocycles. The summed E-state index contributed by atoms with van der Waals surface area (Å²) >= 11 is 0. The Morgan fingerprint density at radius 3 is 2.97 bits per heavy atom. The molecule has 2 aliphatic heterocycles. The first-order valence-corrected chi connectivity index (χ1v) is 10.1. The van der Waals surface area contributed by atoms with Gasteiger partial charge in [0.05, 0.1) is 17.8 Å². The Hall–Kier alpha value is -2.51. The number of halogens is 1. The first-order valence-electron chi connectivity index (χ1n) is 10.1.